The van der Waals surface area contributed by atoms with E-state index in [1.165, 1.54) is 0 Å². The highest BCUT2D eigenvalue weighted by atomic mass is 19.2. The number of likely N-dealkylation sites (tertiary alicyclic amines) is 2. The second-order valence-corrected chi connectivity index (χ2v) is 7.82. The van der Waals surface area contributed by atoms with Gasteiger partial charge in [0.15, 0.2) is 17.3 Å². The van der Waals surface area contributed by atoms with Crippen LogP contribution in [-0.2, 0) is 6.54 Å². The molecule has 6 nitrogen and oxygen atoms in total. The maximum Gasteiger partial charge on any atom is 0.278 e. The molecule has 28 heavy (non-hydrogen) atoms. The molecule has 3 heterocycles. The third kappa shape index (κ3) is 3.78. The number of carbonyl (C=O) groups is 1. The highest BCUT2D eigenvalue weighted by molar-refractivity contribution is 5.93. The summed E-state index contributed by atoms with van der Waals surface area (Å²) in [4.78, 5) is 16.6. The van der Waals surface area contributed by atoms with E-state index in [9.17, 15) is 13.6 Å². The van der Waals surface area contributed by atoms with Gasteiger partial charge in [-0.15, -0.1) is 0 Å². The van der Waals surface area contributed by atoms with Crippen LogP contribution in [0.25, 0.3) is 0 Å². The fraction of sp³-hybridized carbons (Fsp3) is 0.550. The molecule has 2 aromatic rings. The van der Waals surface area contributed by atoms with E-state index in [1.807, 2.05) is 4.90 Å². The topological polar surface area (TPSA) is 62.5 Å². The number of aromatic nitrogens is 2. The lowest BCUT2D eigenvalue weighted by Gasteiger charge is -2.34. The van der Waals surface area contributed by atoms with Crippen molar-refractivity contribution in [3.05, 3.63) is 46.8 Å². The first-order valence-corrected chi connectivity index (χ1v) is 9.76. The lowest BCUT2D eigenvalue weighted by molar-refractivity contribution is 0.0761. The molecule has 4 rings (SSSR count). The molecule has 1 unspecified atom stereocenters. The van der Waals surface area contributed by atoms with Crippen LogP contribution in [0.5, 0.6) is 0 Å². The van der Waals surface area contributed by atoms with Crippen LogP contribution in [0.4, 0.5) is 8.78 Å². The van der Waals surface area contributed by atoms with Gasteiger partial charge in [0.05, 0.1) is 0 Å². The first kappa shape index (κ1) is 19.0. The quantitative estimate of drug-likeness (QED) is 0.803. The Hall–Kier alpha value is -2.35. The zero-order chi connectivity index (χ0) is 19.7. The predicted molar refractivity (Wildman–Crippen MR) is 97.4 cm³/mol. The molecule has 2 saturated heterocycles. The number of halogens is 2. The molecule has 1 atom stereocenters. The van der Waals surface area contributed by atoms with Gasteiger partial charge in [0.2, 0.25) is 0 Å². The number of rotatable bonds is 4. The van der Waals surface area contributed by atoms with Crippen LogP contribution in [0.1, 0.15) is 41.0 Å². The molecule has 0 spiro atoms. The molecule has 0 aliphatic carbocycles. The van der Waals surface area contributed by atoms with Gasteiger partial charge in [0.25, 0.3) is 5.91 Å². The molecule has 0 radical (unpaired) electrons. The molecule has 0 saturated carbocycles. The highest BCUT2D eigenvalue weighted by Crippen LogP contribution is 2.33. The lowest BCUT2D eigenvalue weighted by atomic mass is 9.83. The van der Waals surface area contributed by atoms with Crippen LogP contribution in [0.2, 0.25) is 0 Å². The van der Waals surface area contributed by atoms with Crippen molar-refractivity contribution in [3.63, 3.8) is 0 Å². The van der Waals surface area contributed by atoms with Gasteiger partial charge in [-0.3, -0.25) is 9.69 Å². The molecule has 150 valence electrons. The summed E-state index contributed by atoms with van der Waals surface area (Å²) in [6.07, 6.45) is 3.00. The van der Waals surface area contributed by atoms with E-state index in [0.29, 0.717) is 35.3 Å². The van der Waals surface area contributed by atoms with E-state index in [4.69, 9.17) is 0 Å². The molecule has 1 aromatic carbocycles. The van der Waals surface area contributed by atoms with Gasteiger partial charge in [-0.2, -0.15) is 0 Å². The van der Waals surface area contributed by atoms with Crippen molar-refractivity contribution >= 4 is 5.91 Å². The number of nitrogens with zero attached hydrogens (tertiary/aromatic N) is 4. The SMILES string of the molecule is Cc1nonc1C(=O)N1CCC(C2CCN(Cc3cccc(F)c3F)CC2)C1. The van der Waals surface area contributed by atoms with Gasteiger partial charge in [0, 0.05) is 25.2 Å². The average molecular weight is 390 g/mol. The number of piperidine rings is 1. The largest absolute Gasteiger partial charge is 0.337 e. The number of hydrogen-bond donors (Lipinski definition) is 0. The van der Waals surface area contributed by atoms with Crippen molar-refractivity contribution in [2.45, 2.75) is 32.7 Å². The van der Waals surface area contributed by atoms with Crippen molar-refractivity contribution in [1.29, 1.82) is 0 Å². The molecule has 1 amide bonds. The fourth-order valence-electron chi connectivity index (χ4n) is 4.43. The van der Waals surface area contributed by atoms with Gasteiger partial charge in [-0.1, -0.05) is 17.3 Å². The summed E-state index contributed by atoms with van der Waals surface area (Å²) in [5.41, 5.74) is 1.23. The Balaban J connectivity index is 1.29. The Morgan fingerprint density at radius 1 is 1.14 bits per heavy atom. The molecule has 2 fully saturated rings. The van der Waals surface area contributed by atoms with Crippen LogP contribution in [0.15, 0.2) is 22.8 Å². The molecular weight excluding hydrogens is 366 g/mol. The highest BCUT2D eigenvalue weighted by Gasteiger charge is 2.35. The second kappa shape index (κ2) is 7.95. The van der Waals surface area contributed by atoms with Gasteiger partial charge in [-0.25, -0.2) is 13.4 Å². The van der Waals surface area contributed by atoms with Gasteiger partial charge in [-0.05, 0) is 62.3 Å². The summed E-state index contributed by atoms with van der Waals surface area (Å²) in [5.74, 6) is -0.631. The van der Waals surface area contributed by atoms with Gasteiger partial charge < -0.3 is 4.90 Å². The fourth-order valence-corrected chi connectivity index (χ4v) is 4.43. The van der Waals surface area contributed by atoms with Crippen molar-refractivity contribution in [2.75, 3.05) is 26.2 Å². The van der Waals surface area contributed by atoms with Crippen LogP contribution in [0.3, 0.4) is 0 Å². The summed E-state index contributed by atoms with van der Waals surface area (Å²) < 4.78 is 31.9. The van der Waals surface area contributed by atoms with Gasteiger partial charge in [0.1, 0.15) is 5.69 Å². The smallest absolute Gasteiger partial charge is 0.278 e. The van der Waals surface area contributed by atoms with Crippen molar-refractivity contribution in [3.8, 4) is 0 Å². The van der Waals surface area contributed by atoms with E-state index in [1.54, 1.807) is 19.1 Å². The Morgan fingerprint density at radius 3 is 2.61 bits per heavy atom. The summed E-state index contributed by atoms with van der Waals surface area (Å²) in [6, 6.07) is 4.34. The molecule has 2 aliphatic rings. The first-order valence-electron chi connectivity index (χ1n) is 9.76. The van der Waals surface area contributed by atoms with Gasteiger partial charge >= 0.3 is 0 Å². The van der Waals surface area contributed by atoms with Crippen LogP contribution in [-0.4, -0.2) is 52.2 Å². The monoisotopic (exact) mass is 390 g/mol. The Bertz CT molecular complexity index is 848. The molecule has 2 aliphatic heterocycles. The number of benzene rings is 1. The van der Waals surface area contributed by atoms with E-state index in [-0.39, 0.29) is 5.91 Å². The summed E-state index contributed by atoms with van der Waals surface area (Å²) in [7, 11) is 0. The summed E-state index contributed by atoms with van der Waals surface area (Å²) in [5, 5.41) is 7.40. The molecule has 1 aromatic heterocycles. The number of hydrogen-bond acceptors (Lipinski definition) is 5. The number of amides is 1. The minimum Gasteiger partial charge on any atom is -0.337 e. The number of carbonyl (C=O) groups excluding carboxylic acids is 1. The van der Waals surface area contributed by atoms with Crippen LogP contribution < -0.4 is 0 Å². The molecule has 0 N–H and O–H groups in total. The third-order valence-corrected chi connectivity index (χ3v) is 6.09. The lowest BCUT2D eigenvalue weighted by Crippen LogP contribution is -2.37. The molecule has 0 bridgehead atoms. The average Bonchev–Trinajstić information content (AvgIpc) is 3.35. The zero-order valence-corrected chi connectivity index (χ0v) is 15.9. The Labute approximate surface area is 162 Å². The second-order valence-electron chi connectivity index (χ2n) is 7.82. The normalized spacial score (nSPS) is 21.4. The minimum atomic E-state index is -0.791. The number of aryl methyl sites for hydroxylation is 1. The summed E-state index contributed by atoms with van der Waals surface area (Å²) in [6.45, 7) is 5.33. The van der Waals surface area contributed by atoms with Crippen molar-refractivity contribution < 1.29 is 18.2 Å². The van der Waals surface area contributed by atoms with E-state index >= 15 is 0 Å². The first-order chi connectivity index (χ1) is 13.5. The Morgan fingerprint density at radius 2 is 1.89 bits per heavy atom. The van der Waals surface area contributed by atoms with Crippen molar-refractivity contribution in [2.24, 2.45) is 11.8 Å². The molecule has 8 heteroatoms. The predicted octanol–water partition coefficient (Wildman–Crippen LogP) is 3.03. The minimum absolute atomic E-state index is 0.111. The van der Waals surface area contributed by atoms with Crippen molar-refractivity contribution in [1.82, 2.24) is 20.1 Å². The maximum atomic E-state index is 13.9. The van der Waals surface area contributed by atoms with E-state index < -0.39 is 11.6 Å². The summed E-state index contributed by atoms with van der Waals surface area (Å²) >= 11 is 0. The Kier molecular flexibility index (Phi) is 5.39. The zero-order valence-electron chi connectivity index (χ0n) is 15.9. The maximum absolute atomic E-state index is 13.9. The van der Waals surface area contributed by atoms with Crippen LogP contribution >= 0.6 is 0 Å². The van der Waals surface area contributed by atoms with E-state index in [2.05, 4.69) is 19.8 Å². The van der Waals surface area contributed by atoms with E-state index in [0.717, 1.165) is 51.5 Å². The standard InChI is InChI=1S/C20H24F2N4O2/c1-13-19(24-28-23-13)20(27)26-10-7-15(12-26)14-5-8-25(9-6-14)11-16-3-2-4-17(21)18(16)22/h2-4,14-15H,5-12H2,1H3. The molecular formula is C20H24F2N4O2. The third-order valence-electron chi connectivity index (χ3n) is 6.09. The van der Waals surface area contributed by atoms with Crippen LogP contribution in [0, 0.1) is 30.4 Å².